The number of fused-ring (bicyclic) bond motifs is 1. The quantitative estimate of drug-likeness (QED) is 0.669. The van der Waals surface area contributed by atoms with Crippen LogP contribution in [0, 0.1) is 11.8 Å². The fraction of sp³-hybridized carbons (Fsp3) is 0.429. The number of hydrogen-bond donors (Lipinski definition) is 2. The van der Waals surface area contributed by atoms with E-state index in [4.69, 9.17) is 10.5 Å². The highest BCUT2D eigenvalue weighted by Gasteiger charge is 2.26. The average molecular weight is 390 g/mol. The molecule has 140 valence electrons. The summed E-state index contributed by atoms with van der Waals surface area (Å²) < 4.78 is 5.99. The highest BCUT2D eigenvalue weighted by Crippen LogP contribution is 2.38. The van der Waals surface area contributed by atoms with E-state index in [1.165, 1.54) is 4.90 Å². The standard InChI is InChI=1S/C21H27NO2S2/c1-3-15-7-6-10-19(20(15)23)25-12-14(2)11-16-13-26-18-9-5-4-8-17(18)24-21(16)22/h4-10,14,16,21,23H,3,11-13,22H2,1-2H3/t14-,16-,21?/m0/s1. The molecule has 3 atom stereocenters. The Morgan fingerprint density at radius 1 is 1.27 bits per heavy atom. The zero-order chi connectivity index (χ0) is 18.5. The van der Waals surface area contributed by atoms with Crippen LogP contribution in [0.5, 0.6) is 11.5 Å². The van der Waals surface area contributed by atoms with Gasteiger partial charge in [-0.2, -0.15) is 0 Å². The molecule has 0 spiro atoms. The van der Waals surface area contributed by atoms with E-state index in [1.54, 1.807) is 11.8 Å². The Bertz CT molecular complexity index is 738. The Labute approximate surface area is 164 Å². The fourth-order valence-corrected chi connectivity index (χ4v) is 5.39. The van der Waals surface area contributed by atoms with Crippen LogP contribution < -0.4 is 10.5 Å². The first-order chi connectivity index (χ1) is 12.6. The Morgan fingerprint density at radius 2 is 2.08 bits per heavy atom. The van der Waals surface area contributed by atoms with Crippen molar-refractivity contribution in [2.45, 2.75) is 42.7 Å². The molecule has 1 aliphatic heterocycles. The summed E-state index contributed by atoms with van der Waals surface area (Å²) in [5.41, 5.74) is 7.34. The smallest absolute Gasteiger partial charge is 0.151 e. The van der Waals surface area contributed by atoms with Crippen LogP contribution >= 0.6 is 23.5 Å². The maximum atomic E-state index is 10.3. The van der Waals surface area contributed by atoms with Crippen molar-refractivity contribution in [2.24, 2.45) is 17.6 Å². The number of phenols is 1. The summed E-state index contributed by atoms with van der Waals surface area (Å²) >= 11 is 3.56. The zero-order valence-corrected chi connectivity index (χ0v) is 17.0. The topological polar surface area (TPSA) is 55.5 Å². The van der Waals surface area contributed by atoms with Crippen LogP contribution in [0.3, 0.4) is 0 Å². The first-order valence-corrected chi connectivity index (χ1v) is 11.1. The van der Waals surface area contributed by atoms with Gasteiger partial charge in [0, 0.05) is 27.2 Å². The predicted molar refractivity (Wildman–Crippen MR) is 111 cm³/mol. The lowest BCUT2D eigenvalue weighted by molar-refractivity contribution is 0.138. The Balaban J connectivity index is 1.56. The van der Waals surface area contributed by atoms with Crippen molar-refractivity contribution in [2.75, 3.05) is 11.5 Å². The number of rotatable bonds is 6. The van der Waals surface area contributed by atoms with E-state index in [2.05, 4.69) is 19.9 Å². The molecule has 1 unspecified atom stereocenters. The van der Waals surface area contributed by atoms with Crippen LogP contribution in [0.4, 0.5) is 0 Å². The highest BCUT2D eigenvalue weighted by atomic mass is 32.2. The van der Waals surface area contributed by atoms with Crippen molar-refractivity contribution < 1.29 is 9.84 Å². The molecule has 1 aliphatic rings. The predicted octanol–water partition coefficient (Wildman–Crippen LogP) is 5.16. The minimum atomic E-state index is -0.268. The van der Waals surface area contributed by atoms with Crippen LogP contribution in [-0.2, 0) is 6.42 Å². The SMILES string of the molecule is CCc1cccc(SC[C@@H](C)C[C@H]2CSc3ccccc3OC2N)c1O. The third-order valence-electron chi connectivity index (χ3n) is 4.72. The Hall–Kier alpha value is -1.30. The summed E-state index contributed by atoms with van der Waals surface area (Å²) in [5, 5.41) is 10.3. The number of aromatic hydroxyl groups is 1. The Kier molecular flexibility index (Phi) is 6.79. The van der Waals surface area contributed by atoms with Crippen LogP contribution in [0.15, 0.2) is 52.3 Å². The molecule has 3 nitrogen and oxygen atoms in total. The van der Waals surface area contributed by atoms with Gasteiger partial charge in [-0.3, -0.25) is 5.73 Å². The zero-order valence-electron chi connectivity index (χ0n) is 15.4. The number of hydrogen-bond acceptors (Lipinski definition) is 5. The van der Waals surface area contributed by atoms with E-state index in [-0.39, 0.29) is 6.23 Å². The number of thioether (sulfide) groups is 2. The van der Waals surface area contributed by atoms with E-state index in [1.807, 2.05) is 48.2 Å². The van der Waals surface area contributed by atoms with Gasteiger partial charge in [0.2, 0.25) is 0 Å². The lowest BCUT2D eigenvalue weighted by atomic mass is 9.97. The van der Waals surface area contributed by atoms with Gasteiger partial charge in [-0.15, -0.1) is 23.5 Å². The monoisotopic (exact) mass is 389 g/mol. The van der Waals surface area contributed by atoms with Crippen LogP contribution in [0.25, 0.3) is 0 Å². The minimum Gasteiger partial charge on any atom is -0.506 e. The number of ether oxygens (including phenoxy) is 1. The van der Waals surface area contributed by atoms with Gasteiger partial charge in [0.25, 0.3) is 0 Å². The molecule has 3 N–H and O–H groups in total. The van der Waals surface area contributed by atoms with Crippen molar-refractivity contribution in [3.05, 3.63) is 48.0 Å². The molecule has 0 fully saturated rings. The summed E-state index contributed by atoms with van der Waals surface area (Å²) in [6.45, 7) is 4.32. The first kappa shape index (κ1) is 19.5. The molecule has 0 saturated heterocycles. The van der Waals surface area contributed by atoms with Gasteiger partial charge >= 0.3 is 0 Å². The molecule has 5 heteroatoms. The molecule has 26 heavy (non-hydrogen) atoms. The van der Waals surface area contributed by atoms with Gasteiger partial charge in [0.15, 0.2) is 6.23 Å². The second-order valence-corrected chi connectivity index (χ2v) is 8.99. The largest absolute Gasteiger partial charge is 0.506 e. The first-order valence-electron chi connectivity index (χ1n) is 9.16. The third kappa shape index (κ3) is 4.70. The van der Waals surface area contributed by atoms with Crippen molar-refractivity contribution >= 4 is 23.5 Å². The molecule has 0 aromatic heterocycles. The van der Waals surface area contributed by atoms with Gasteiger partial charge in [0.05, 0.1) is 0 Å². The molecule has 0 aliphatic carbocycles. The lowest BCUT2D eigenvalue weighted by Crippen LogP contribution is -2.37. The average Bonchev–Trinajstić information content (AvgIpc) is 2.80. The number of para-hydroxylation sites is 2. The second-order valence-electron chi connectivity index (χ2n) is 6.87. The van der Waals surface area contributed by atoms with Crippen molar-refractivity contribution in [3.63, 3.8) is 0 Å². The Morgan fingerprint density at radius 3 is 2.88 bits per heavy atom. The van der Waals surface area contributed by atoms with E-state index in [0.29, 0.717) is 17.6 Å². The molecule has 0 saturated carbocycles. The molecule has 0 amide bonds. The third-order valence-corrected chi connectivity index (χ3v) is 7.34. The summed E-state index contributed by atoms with van der Waals surface area (Å²) in [5.74, 6) is 4.08. The normalized spacial score (nSPS) is 20.7. The van der Waals surface area contributed by atoms with Gasteiger partial charge in [-0.1, -0.05) is 38.1 Å². The second kappa shape index (κ2) is 9.07. The van der Waals surface area contributed by atoms with Crippen LogP contribution in [0.1, 0.15) is 25.8 Å². The van der Waals surface area contributed by atoms with Crippen LogP contribution in [-0.4, -0.2) is 22.8 Å². The molecular weight excluding hydrogens is 362 g/mol. The maximum absolute atomic E-state index is 10.3. The van der Waals surface area contributed by atoms with Crippen molar-refractivity contribution in [1.29, 1.82) is 0 Å². The van der Waals surface area contributed by atoms with E-state index >= 15 is 0 Å². The molecule has 2 aromatic carbocycles. The number of nitrogens with two attached hydrogens (primary N) is 1. The van der Waals surface area contributed by atoms with Gasteiger partial charge in [-0.25, -0.2) is 0 Å². The summed E-state index contributed by atoms with van der Waals surface area (Å²) in [4.78, 5) is 2.15. The number of benzene rings is 2. The van der Waals surface area contributed by atoms with E-state index in [9.17, 15) is 5.11 Å². The molecule has 0 radical (unpaired) electrons. The van der Waals surface area contributed by atoms with E-state index < -0.39 is 0 Å². The van der Waals surface area contributed by atoms with Gasteiger partial charge < -0.3 is 9.84 Å². The van der Waals surface area contributed by atoms with Gasteiger partial charge in [-0.05, 0) is 42.5 Å². The summed E-state index contributed by atoms with van der Waals surface area (Å²) in [6.07, 6.45) is 1.60. The molecule has 0 bridgehead atoms. The maximum Gasteiger partial charge on any atom is 0.151 e. The molecule has 1 heterocycles. The van der Waals surface area contributed by atoms with Crippen molar-refractivity contribution in [3.8, 4) is 11.5 Å². The molecule has 3 rings (SSSR count). The lowest BCUT2D eigenvalue weighted by Gasteiger charge is -2.24. The fourth-order valence-electron chi connectivity index (χ4n) is 3.19. The number of aryl methyl sites for hydroxylation is 1. The minimum absolute atomic E-state index is 0.268. The number of phenolic OH excluding ortho intramolecular Hbond substituents is 1. The van der Waals surface area contributed by atoms with Crippen LogP contribution in [0.2, 0.25) is 0 Å². The molecule has 2 aromatic rings. The summed E-state index contributed by atoms with van der Waals surface area (Å²) in [6, 6.07) is 14.1. The molecular formula is C21H27NO2S2. The van der Waals surface area contributed by atoms with Gasteiger partial charge in [0.1, 0.15) is 11.5 Å². The van der Waals surface area contributed by atoms with Crippen molar-refractivity contribution in [1.82, 2.24) is 0 Å². The highest BCUT2D eigenvalue weighted by molar-refractivity contribution is 7.99. The summed E-state index contributed by atoms with van der Waals surface area (Å²) in [7, 11) is 0. The van der Waals surface area contributed by atoms with E-state index in [0.717, 1.165) is 40.6 Å².